The first-order chi connectivity index (χ1) is 6.95. The molecule has 0 aliphatic carbocycles. The normalized spacial score (nSPS) is 27.5. The van der Waals surface area contributed by atoms with E-state index in [1.165, 1.54) is 0 Å². The Bertz CT molecular complexity index is 222. The van der Waals surface area contributed by atoms with E-state index < -0.39 is 18.2 Å². The molecule has 0 aromatic carbocycles. The van der Waals surface area contributed by atoms with E-state index in [9.17, 15) is 18.0 Å². The Kier molecular flexibility index (Phi) is 3.96. The molecule has 1 N–H and O–H groups in total. The maximum atomic E-state index is 12.2. The van der Waals surface area contributed by atoms with Crippen molar-refractivity contribution in [3.8, 4) is 0 Å². The minimum atomic E-state index is -4.31. The highest BCUT2D eigenvalue weighted by molar-refractivity contribution is 5.78. The molecule has 1 aliphatic rings. The summed E-state index contributed by atoms with van der Waals surface area (Å²) in [6.07, 6.45) is -5.92. The van der Waals surface area contributed by atoms with Crippen LogP contribution in [0.1, 0.15) is 19.8 Å². The Labute approximate surface area is 86.0 Å². The van der Waals surface area contributed by atoms with Gasteiger partial charge in [-0.2, -0.15) is 13.2 Å². The van der Waals surface area contributed by atoms with Gasteiger partial charge in [-0.3, -0.25) is 4.79 Å². The van der Waals surface area contributed by atoms with Crippen molar-refractivity contribution in [2.45, 2.75) is 32.0 Å². The van der Waals surface area contributed by atoms with Crippen molar-refractivity contribution in [1.82, 2.24) is 5.32 Å². The highest BCUT2D eigenvalue weighted by Gasteiger charge is 2.43. The monoisotopic (exact) mass is 225 g/mol. The molecule has 1 saturated heterocycles. The molecule has 3 nitrogen and oxygen atoms in total. The minimum absolute atomic E-state index is 0.134. The van der Waals surface area contributed by atoms with E-state index in [-0.39, 0.29) is 25.4 Å². The summed E-state index contributed by atoms with van der Waals surface area (Å²) in [6, 6.07) is 0. The van der Waals surface area contributed by atoms with Crippen LogP contribution in [0, 0.1) is 5.92 Å². The molecule has 1 rings (SSSR count). The number of halogens is 3. The molecule has 0 saturated carbocycles. The number of carbonyl (C=O) groups is 1. The molecule has 0 spiro atoms. The van der Waals surface area contributed by atoms with Crippen LogP contribution in [0.25, 0.3) is 0 Å². The number of ether oxygens (including phenoxy) is 1. The van der Waals surface area contributed by atoms with E-state index in [0.29, 0.717) is 6.54 Å². The number of amides is 1. The molecule has 0 bridgehead atoms. The molecule has 1 fully saturated rings. The van der Waals surface area contributed by atoms with Gasteiger partial charge in [0.15, 0.2) is 6.10 Å². The van der Waals surface area contributed by atoms with Crippen molar-refractivity contribution < 1.29 is 22.7 Å². The molecule has 0 aromatic rings. The van der Waals surface area contributed by atoms with Gasteiger partial charge in [-0.25, -0.2) is 0 Å². The number of hydrogen-bond acceptors (Lipinski definition) is 2. The van der Waals surface area contributed by atoms with Gasteiger partial charge in [0.1, 0.15) is 0 Å². The maximum Gasteiger partial charge on any atom is 0.414 e. The average molecular weight is 225 g/mol. The summed E-state index contributed by atoms with van der Waals surface area (Å²) < 4.78 is 41.2. The highest BCUT2D eigenvalue weighted by Crippen LogP contribution is 2.31. The van der Waals surface area contributed by atoms with Gasteiger partial charge in [0.25, 0.3) is 0 Å². The molecule has 15 heavy (non-hydrogen) atoms. The second-order valence-electron chi connectivity index (χ2n) is 3.53. The summed E-state index contributed by atoms with van der Waals surface area (Å²) in [5, 5.41) is 2.57. The van der Waals surface area contributed by atoms with Gasteiger partial charge < -0.3 is 10.1 Å². The zero-order chi connectivity index (χ0) is 11.5. The lowest BCUT2D eigenvalue weighted by Gasteiger charge is -2.29. The quantitative estimate of drug-likeness (QED) is 0.773. The Morgan fingerprint density at radius 1 is 1.47 bits per heavy atom. The second kappa shape index (κ2) is 4.83. The van der Waals surface area contributed by atoms with Crippen molar-refractivity contribution >= 4 is 5.91 Å². The average Bonchev–Trinajstić information content (AvgIpc) is 2.17. The van der Waals surface area contributed by atoms with E-state index >= 15 is 0 Å². The molecular formula is C9H14F3NO2. The third kappa shape index (κ3) is 3.37. The number of rotatable bonds is 2. The summed E-state index contributed by atoms with van der Waals surface area (Å²) in [4.78, 5) is 11.3. The summed E-state index contributed by atoms with van der Waals surface area (Å²) in [6.45, 7) is 2.11. The van der Waals surface area contributed by atoms with Crippen molar-refractivity contribution in [1.29, 1.82) is 0 Å². The molecular weight excluding hydrogens is 211 g/mol. The van der Waals surface area contributed by atoms with Gasteiger partial charge in [-0.1, -0.05) is 0 Å². The summed E-state index contributed by atoms with van der Waals surface area (Å²) in [5.74, 6) is -0.665. The van der Waals surface area contributed by atoms with Gasteiger partial charge in [0.05, 0.1) is 12.5 Å². The zero-order valence-electron chi connectivity index (χ0n) is 8.43. The maximum absolute atomic E-state index is 12.2. The van der Waals surface area contributed by atoms with Crippen LogP contribution in [0.15, 0.2) is 0 Å². The fourth-order valence-corrected chi connectivity index (χ4v) is 1.54. The van der Waals surface area contributed by atoms with Gasteiger partial charge in [-0.05, 0) is 19.8 Å². The number of nitrogens with one attached hydrogen (secondary N) is 1. The highest BCUT2D eigenvalue weighted by atomic mass is 19.4. The Balaban J connectivity index is 2.39. The first kappa shape index (κ1) is 12.3. The lowest BCUT2D eigenvalue weighted by molar-refractivity contribution is -0.235. The van der Waals surface area contributed by atoms with Crippen molar-refractivity contribution in [3.05, 3.63) is 0 Å². The zero-order valence-corrected chi connectivity index (χ0v) is 8.43. The van der Waals surface area contributed by atoms with Gasteiger partial charge in [-0.15, -0.1) is 0 Å². The molecule has 2 unspecified atom stereocenters. The van der Waals surface area contributed by atoms with Crippen LogP contribution in [0.4, 0.5) is 13.2 Å². The number of hydrogen-bond donors (Lipinski definition) is 1. The van der Waals surface area contributed by atoms with Crippen LogP contribution in [0.5, 0.6) is 0 Å². The SMILES string of the molecule is CCNC(=O)C1CCC(C(F)(F)F)OC1. The third-order valence-corrected chi connectivity index (χ3v) is 2.36. The molecule has 2 atom stereocenters. The summed E-state index contributed by atoms with van der Waals surface area (Å²) in [7, 11) is 0. The van der Waals surface area contributed by atoms with Crippen molar-refractivity contribution in [2.75, 3.05) is 13.2 Å². The van der Waals surface area contributed by atoms with E-state index in [2.05, 4.69) is 10.1 Å². The van der Waals surface area contributed by atoms with Crippen molar-refractivity contribution in [3.63, 3.8) is 0 Å². The molecule has 6 heteroatoms. The summed E-state index contributed by atoms with van der Waals surface area (Å²) >= 11 is 0. The van der Waals surface area contributed by atoms with E-state index in [1.807, 2.05) is 0 Å². The van der Waals surface area contributed by atoms with E-state index in [1.54, 1.807) is 6.92 Å². The molecule has 1 aliphatic heterocycles. The molecule has 0 aromatic heterocycles. The molecule has 0 radical (unpaired) electrons. The van der Waals surface area contributed by atoms with Gasteiger partial charge in [0, 0.05) is 6.54 Å². The standard InChI is InChI=1S/C9H14F3NO2/c1-2-13-8(14)6-3-4-7(15-5-6)9(10,11)12/h6-7H,2-5H2,1H3,(H,13,14). The fraction of sp³-hybridized carbons (Fsp3) is 0.889. The lowest BCUT2D eigenvalue weighted by atomic mass is 9.97. The van der Waals surface area contributed by atoms with E-state index in [0.717, 1.165) is 0 Å². The van der Waals surface area contributed by atoms with Crippen LogP contribution < -0.4 is 5.32 Å². The van der Waals surface area contributed by atoms with E-state index in [4.69, 9.17) is 0 Å². The van der Waals surface area contributed by atoms with Gasteiger partial charge >= 0.3 is 6.18 Å². The largest absolute Gasteiger partial charge is 0.414 e. The van der Waals surface area contributed by atoms with Crippen molar-refractivity contribution in [2.24, 2.45) is 5.92 Å². The van der Waals surface area contributed by atoms with Crippen LogP contribution >= 0.6 is 0 Å². The van der Waals surface area contributed by atoms with Crippen LogP contribution in [-0.4, -0.2) is 31.3 Å². The Morgan fingerprint density at radius 3 is 2.53 bits per heavy atom. The predicted octanol–water partition coefficient (Wildman–Crippen LogP) is 1.48. The topological polar surface area (TPSA) is 38.3 Å². The Hall–Kier alpha value is -0.780. The predicted molar refractivity (Wildman–Crippen MR) is 47.2 cm³/mol. The first-order valence-electron chi connectivity index (χ1n) is 4.91. The third-order valence-electron chi connectivity index (χ3n) is 2.36. The second-order valence-corrected chi connectivity index (χ2v) is 3.53. The number of alkyl halides is 3. The van der Waals surface area contributed by atoms with Crippen LogP contribution in [0.3, 0.4) is 0 Å². The Morgan fingerprint density at radius 2 is 2.13 bits per heavy atom. The smallest absolute Gasteiger partial charge is 0.368 e. The number of carbonyl (C=O) groups excluding carboxylic acids is 1. The van der Waals surface area contributed by atoms with Crippen LogP contribution in [0.2, 0.25) is 0 Å². The lowest BCUT2D eigenvalue weighted by Crippen LogP contribution is -2.42. The molecule has 88 valence electrons. The molecule has 1 amide bonds. The van der Waals surface area contributed by atoms with Crippen LogP contribution in [-0.2, 0) is 9.53 Å². The van der Waals surface area contributed by atoms with Gasteiger partial charge in [0.2, 0.25) is 5.91 Å². The molecule has 1 heterocycles. The summed E-state index contributed by atoms with van der Waals surface area (Å²) in [5.41, 5.74) is 0. The minimum Gasteiger partial charge on any atom is -0.368 e. The fourth-order valence-electron chi connectivity index (χ4n) is 1.54. The first-order valence-corrected chi connectivity index (χ1v) is 4.91.